The molecule has 0 aliphatic carbocycles. The predicted octanol–water partition coefficient (Wildman–Crippen LogP) is 3.56. The zero-order valence-corrected chi connectivity index (χ0v) is 16.8. The molecule has 2 rings (SSSR count). The SMILES string of the molecule is COc1cc(C#N)ccc1OCCCC(=O)NC(C)c1cccc(NC(C)=O)c1. The van der Waals surface area contributed by atoms with E-state index in [0.29, 0.717) is 42.2 Å². The van der Waals surface area contributed by atoms with Crippen LogP contribution in [0.15, 0.2) is 42.5 Å². The molecule has 0 aliphatic rings. The first-order valence-electron chi connectivity index (χ1n) is 9.30. The fraction of sp³-hybridized carbons (Fsp3) is 0.318. The molecular formula is C22H25N3O4. The van der Waals surface area contributed by atoms with Gasteiger partial charge in [0.2, 0.25) is 11.8 Å². The third-order valence-electron chi connectivity index (χ3n) is 4.18. The number of carbonyl (C=O) groups excluding carboxylic acids is 2. The van der Waals surface area contributed by atoms with Gasteiger partial charge in [-0.1, -0.05) is 12.1 Å². The van der Waals surface area contributed by atoms with Crippen LogP contribution in [0.1, 0.15) is 43.9 Å². The first kappa shape index (κ1) is 21.8. The number of methoxy groups -OCH3 is 1. The Kier molecular flexibility index (Phi) is 8.04. The summed E-state index contributed by atoms with van der Waals surface area (Å²) in [6, 6.07) is 14.2. The molecule has 152 valence electrons. The first-order chi connectivity index (χ1) is 13.9. The zero-order valence-electron chi connectivity index (χ0n) is 16.8. The van der Waals surface area contributed by atoms with Crippen LogP contribution in [0.2, 0.25) is 0 Å². The molecule has 2 N–H and O–H groups in total. The highest BCUT2D eigenvalue weighted by atomic mass is 16.5. The van der Waals surface area contributed by atoms with Crippen LogP contribution in [0.5, 0.6) is 11.5 Å². The maximum atomic E-state index is 12.2. The molecule has 2 aromatic rings. The Bertz CT molecular complexity index is 905. The molecule has 1 atom stereocenters. The van der Waals surface area contributed by atoms with E-state index in [2.05, 4.69) is 10.6 Å². The van der Waals surface area contributed by atoms with Crippen LogP contribution in [0, 0.1) is 11.3 Å². The van der Waals surface area contributed by atoms with Crippen molar-refractivity contribution in [1.29, 1.82) is 5.26 Å². The van der Waals surface area contributed by atoms with Crippen LogP contribution in [-0.2, 0) is 9.59 Å². The third kappa shape index (κ3) is 6.85. The van der Waals surface area contributed by atoms with Crippen LogP contribution in [0.3, 0.4) is 0 Å². The van der Waals surface area contributed by atoms with E-state index in [4.69, 9.17) is 14.7 Å². The van der Waals surface area contributed by atoms with Gasteiger partial charge in [0.25, 0.3) is 0 Å². The second kappa shape index (κ2) is 10.7. The monoisotopic (exact) mass is 395 g/mol. The number of rotatable bonds is 9. The topological polar surface area (TPSA) is 100 Å². The van der Waals surface area contributed by atoms with E-state index in [-0.39, 0.29) is 17.9 Å². The molecule has 0 spiro atoms. The molecule has 0 saturated heterocycles. The van der Waals surface area contributed by atoms with Crippen molar-refractivity contribution in [2.75, 3.05) is 19.0 Å². The summed E-state index contributed by atoms with van der Waals surface area (Å²) in [5.41, 5.74) is 2.09. The molecule has 0 fully saturated rings. The molecule has 7 nitrogen and oxygen atoms in total. The molecule has 29 heavy (non-hydrogen) atoms. The number of nitriles is 1. The Morgan fingerprint density at radius 1 is 1.17 bits per heavy atom. The van der Waals surface area contributed by atoms with Crippen molar-refractivity contribution in [2.24, 2.45) is 0 Å². The smallest absolute Gasteiger partial charge is 0.221 e. The second-order valence-electron chi connectivity index (χ2n) is 6.53. The lowest BCUT2D eigenvalue weighted by Crippen LogP contribution is -2.26. The highest BCUT2D eigenvalue weighted by molar-refractivity contribution is 5.88. The fourth-order valence-electron chi connectivity index (χ4n) is 2.76. The molecule has 7 heteroatoms. The summed E-state index contributed by atoms with van der Waals surface area (Å²) < 4.78 is 10.9. The van der Waals surface area contributed by atoms with Gasteiger partial charge in [0.15, 0.2) is 11.5 Å². The van der Waals surface area contributed by atoms with Crippen molar-refractivity contribution in [3.05, 3.63) is 53.6 Å². The summed E-state index contributed by atoms with van der Waals surface area (Å²) >= 11 is 0. The summed E-state index contributed by atoms with van der Waals surface area (Å²) in [7, 11) is 1.51. The number of anilines is 1. The lowest BCUT2D eigenvalue weighted by Gasteiger charge is -2.16. The molecule has 0 bridgehead atoms. The summed E-state index contributed by atoms with van der Waals surface area (Å²) in [6.45, 7) is 3.69. The highest BCUT2D eigenvalue weighted by Gasteiger charge is 2.11. The molecule has 2 amide bonds. The van der Waals surface area contributed by atoms with Gasteiger partial charge < -0.3 is 20.1 Å². The lowest BCUT2D eigenvalue weighted by atomic mass is 10.1. The van der Waals surface area contributed by atoms with Crippen molar-refractivity contribution in [3.8, 4) is 17.6 Å². The van der Waals surface area contributed by atoms with Crippen LogP contribution < -0.4 is 20.1 Å². The highest BCUT2D eigenvalue weighted by Crippen LogP contribution is 2.28. The van der Waals surface area contributed by atoms with Gasteiger partial charge in [-0.2, -0.15) is 5.26 Å². The normalized spacial score (nSPS) is 11.1. The van der Waals surface area contributed by atoms with E-state index < -0.39 is 0 Å². The van der Waals surface area contributed by atoms with Gasteiger partial charge in [-0.25, -0.2) is 0 Å². The molecule has 0 heterocycles. The van der Waals surface area contributed by atoms with Crippen molar-refractivity contribution in [3.63, 3.8) is 0 Å². The first-order valence-corrected chi connectivity index (χ1v) is 9.30. The summed E-state index contributed by atoms with van der Waals surface area (Å²) in [6.07, 6.45) is 0.849. The minimum absolute atomic E-state index is 0.0853. The molecule has 2 aromatic carbocycles. The molecule has 1 unspecified atom stereocenters. The number of amides is 2. The van der Waals surface area contributed by atoms with Gasteiger partial charge in [0.05, 0.1) is 31.4 Å². The van der Waals surface area contributed by atoms with Gasteiger partial charge in [0.1, 0.15) is 0 Å². The summed E-state index contributed by atoms with van der Waals surface area (Å²) in [4.78, 5) is 23.4. The van der Waals surface area contributed by atoms with E-state index in [1.165, 1.54) is 14.0 Å². The fourth-order valence-corrected chi connectivity index (χ4v) is 2.76. The van der Waals surface area contributed by atoms with E-state index in [1.807, 2.05) is 31.2 Å². The number of hydrogen-bond acceptors (Lipinski definition) is 5. The Balaban J connectivity index is 1.80. The number of hydrogen-bond donors (Lipinski definition) is 2. The van der Waals surface area contributed by atoms with Crippen molar-refractivity contribution >= 4 is 17.5 Å². The van der Waals surface area contributed by atoms with E-state index >= 15 is 0 Å². The lowest BCUT2D eigenvalue weighted by molar-refractivity contribution is -0.122. The standard InChI is InChI=1S/C22H25N3O4/c1-15(18-6-4-7-19(13-18)25-16(2)26)24-22(27)8-5-11-29-20-10-9-17(14-23)12-21(20)28-3/h4,6-7,9-10,12-13,15H,5,8,11H2,1-3H3,(H,24,27)(H,25,26). The molecular weight excluding hydrogens is 370 g/mol. The quantitative estimate of drug-likeness (QED) is 0.632. The van der Waals surface area contributed by atoms with Crippen molar-refractivity contribution in [2.45, 2.75) is 32.7 Å². The molecule has 0 radical (unpaired) electrons. The van der Waals surface area contributed by atoms with Gasteiger partial charge in [-0.15, -0.1) is 0 Å². The average molecular weight is 395 g/mol. The maximum Gasteiger partial charge on any atom is 0.221 e. The van der Waals surface area contributed by atoms with Crippen molar-refractivity contribution < 1.29 is 19.1 Å². The van der Waals surface area contributed by atoms with E-state index in [9.17, 15) is 9.59 Å². The van der Waals surface area contributed by atoms with Gasteiger partial charge in [0, 0.05) is 25.1 Å². The maximum absolute atomic E-state index is 12.2. The van der Waals surface area contributed by atoms with Crippen LogP contribution in [0.25, 0.3) is 0 Å². The number of nitrogens with zero attached hydrogens (tertiary/aromatic N) is 1. The second-order valence-corrected chi connectivity index (χ2v) is 6.53. The number of nitrogens with one attached hydrogen (secondary N) is 2. The van der Waals surface area contributed by atoms with E-state index in [1.54, 1.807) is 24.3 Å². The predicted molar refractivity (Wildman–Crippen MR) is 110 cm³/mol. The minimum Gasteiger partial charge on any atom is -0.493 e. The molecule has 0 aliphatic heterocycles. The van der Waals surface area contributed by atoms with E-state index in [0.717, 1.165) is 5.56 Å². The third-order valence-corrected chi connectivity index (χ3v) is 4.18. The number of carbonyl (C=O) groups is 2. The number of ether oxygens (including phenoxy) is 2. The summed E-state index contributed by atoms with van der Waals surface area (Å²) in [5.74, 6) is 0.798. The molecule has 0 saturated carbocycles. The number of benzene rings is 2. The van der Waals surface area contributed by atoms with Crippen molar-refractivity contribution in [1.82, 2.24) is 5.32 Å². The largest absolute Gasteiger partial charge is 0.493 e. The van der Waals surface area contributed by atoms with Crippen LogP contribution >= 0.6 is 0 Å². The average Bonchev–Trinajstić information content (AvgIpc) is 2.70. The Labute approximate surface area is 170 Å². The van der Waals surface area contributed by atoms with Crippen LogP contribution in [-0.4, -0.2) is 25.5 Å². The Morgan fingerprint density at radius 3 is 2.66 bits per heavy atom. The van der Waals surface area contributed by atoms with Gasteiger partial charge >= 0.3 is 0 Å². The Morgan fingerprint density at radius 2 is 1.97 bits per heavy atom. The van der Waals surface area contributed by atoms with Gasteiger partial charge in [-0.3, -0.25) is 9.59 Å². The van der Waals surface area contributed by atoms with Crippen LogP contribution in [0.4, 0.5) is 5.69 Å². The zero-order chi connectivity index (χ0) is 21.2. The Hall–Kier alpha value is -3.53. The summed E-state index contributed by atoms with van der Waals surface area (Å²) in [5, 5.41) is 14.6. The minimum atomic E-state index is -0.184. The van der Waals surface area contributed by atoms with Gasteiger partial charge in [-0.05, 0) is 43.2 Å². The molecule has 0 aromatic heterocycles.